The Hall–Kier alpha value is -9.57. The Balaban J connectivity index is 0.961. The minimum Gasteiger partial charge on any atom is -0.512 e. The van der Waals surface area contributed by atoms with Gasteiger partial charge in [0.25, 0.3) is 0 Å². The van der Waals surface area contributed by atoms with Crippen LogP contribution in [-0.2, 0) is 59.1 Å². The van der Waals surface area contributed by atoms with E-state index in [1.807, 2.05) is 57.2 Å². The number of aliphatic hydroxyl groups excluding tert-OH is 9. The van der Waals surface area contributed by atoms with Gasteiger partial charge in [-0.3, -0.25) is 38.4 Å². The van der Waals surface area contributed by atoms with Crippen molar-refractivity contribution in [2.45, 2.75) is 219 Å². The number of nitrogens with two attached hydrogens (primary N) is 1. The number of rotatable bonds is 22. The van der Waals surface area contributed by atoms with E-state index in [1.54, 1.807) is 19.1 Å². The maximum Gasteiger partial charge on any atom is 0.248 e. The molecule has 9 unspecified atom stereocenters. The number of carbonyl (C=O) groups excluding carboxylic acids is 8. The molecule has 0 spiro atoms. The van der Waals surface area contributed by atoms with Crippen LogP contribution in [0.5, 0.6) is 23.0 Å². The lowest BCUT2D eigenvalue weighted by molar-refractivity contribution is -0.897. The third-order valence-electron chi connectivity index (χ3n) is 24.7. The van der Waals surface area contributed by atoms with E-state index in [-0.39, 0.29) is 82.7 Å². The molecule has 674 valence electrons. The van der Waals surface area contributed by atoms with Crippen LogP contribution in [0.4, 0.5) is 0 Å². The number of nitrogens with zero attached hydrogens (tertiary/aromatic N) is 1. The van der Waals surface area contributed by atoms with Crippen LogP contribution in [0.25, 0.3) is 11.1 Å². The number of quaternary nitrogens is 1. The molecule has 15 rings (SSSR count). The number of likely N-dealkylation sites (N-methyl/N-ethyl adjacent to an activating group) is 1. The molecule has 0 aromatic heterocycles. The molecule has 4 aromatic carbocycles. The molecule has 0 saturated carbocycles. The number of carbonyl (C=O) groups is 8. The fourth-order valence-corrected chi connectivity index (χ4v) is 18.3. The molecule has 0 radical (unpaired) electrons. The smallest absolute Gasteiger partial charge is 0.248 e. The van der Waals surface area contributed by atoms with Crippen molar-refractivity contribution in [2.24, 2.45) is 17.6 Å². The van der Waals surface area contributed by atoms with E-state index in [9.17, 15) is 55.5 Å². The second-order valence-electron chi connectivity index (χ2n) is 34.0. The van der Waals surface area contributed by atoms with Gasteiger partial charge in [-0.05, 0) is 145 Å². The summed E-state index contributed by atoms with van der Waals surface area (Å²) in [5.74, 6) is -14.1. The van der Waals surface area contributed by atoms with E-state index < -0.39 is 241 Å². The van der Waals surface area contributed by atoms with Crippen LogP contribution in [0, 0.1) is 11.8 Å². The summed E-state index contributed by atoms with van der Waals surface area (Å²) in [6.45, 7) is 9.04. The van der Waals surface area contributed by atoms with Gasteiger partial charge in [0, 0.05) is 61.7 Å². The summed E-state index contributed by atoms with van der Waals surface area (Å²) in [4.78, 5) is 122. The first kappa shape index (κ1) is 93.1. The normalized spacial score (nSPS) is 30.9. The van der Waals surface area contributed by atoms with Crippen molar-refractivity contribution in [2.75, 3.05) is 46.9 Å². The largest absolute Gasteiger partial charge is 0.512 e. The second kappa shape index (κ2) is 39.8. The maximum atomic E-state index is 16.5. The highest BCUT2D eigenvalue weighted by Crippen LogP contribution is 2.49. The lowest BCUT2D eigenvalue weighted by Gasteiger charge is -2.49. The predicted molar refractivity (Wildman–Crippen MR) is 455 cm³/mol. The van der Waals surface area contributed by atoms with E-state index >= 15 is 28.8 Å². The molecular weight excluding hydrogens is 1690 g/mol. The number of aliphatic hydroxyl groups is 9. The van der Waals surface area contributed by atoms with Crippen molar-refractivity contribution in [1.29, 1.82) is 0 Å². The summed E-state index contributed by atoms with van der Waals surface area (Å²) in [5.41, 5.74) is 6.34. The SMILES string of the molecule is CCC1(NCc2ccc(-c3ccc(Cl)cc3)cc2)C[C@H](OC2[C@@H](Oc3c4cc5cc3Oc3ccc(cc3Cl)[C@@H](O)[C@@H](NC(=O)[C@@H](CC(C)C)NC)C(=O)N[C@@H](CC(N)=O)C(=O)N[C@H]5C(=O)NC3C(=O)N[C@H](C(=O)N[C@H](C(=O)NCCC[N+]5(C)CCCC5)C5=CC(O)CC(O)=C5C5CC3=CC=C5O)[C@H](O)C3=CC=C(O4)C(Cl)C3)OC(CO)C(O)[C@@H]2O)OC(C)[C@H]1O. The number of primary amides is 1. The molecule has 8 aliphatic heterocycles. The molecule has 34 nitrogen and oxygen atoms in total. The number of likely N-dealkylation sites (tertiary alicyclic amines) is 1. The van der Waals surface area contributed by atoms with Crippen molar-refractivity contribution in [3.8, 4) is 34.1 Å². The molecule has 4 fully saturated rings. The molecule has 125 heavy (non-hydrogen) atoms. The van der Waals surface area contributed by atoms with Gasteiger partial charge in [0.15, 0.2) is 23.9 Å². The van der Waals surface area contributed by atoms with Gasteiger partial charge in [0.05, 0.1) is 85.8 Å². The number of nitrogens with one attached hydrogen (secondary N) is 9. The Morgan fingerprint density at radius 3 is 2.09 bits per heavy atom. The van der Waals surface area contributed by atoms with Crippen LogP contribution >= 0.6 is 34.8 Å². The van der Waals surface area contributed by atoms with Gasteiger partial charge in [-0.25, -0.2) is 0 Å². The van der Waals surface area contributed by atoms with Gasteiger partial charge in [0.1, 0.15) is 84.0 Å². The van der Waals surface area contributed by atoms with Crippen LogP contribution in [0.1, 0.15) is 121 Å². The van der Waals surface area contributed by atoms with Crippen molar-refractivity contribution < 1.29 is 117 Å². The number of fused-ring (bicyclic) bond motifs is 15. The molecule has 11 bridgehead atoms. The first-order valence-electron chi connectivity index (χ1n) is 42.0. The monoisotopic (exact) mass is 1790 g/mol. The van der Waals surface area contributed by atoms with Gasteiger partial charge in [-0.15, -0.1) is 11.6 Å². The topological polar surface area (TPSA) is 508 Å². The third-order valence-corrected chi connectivity index (χ3v) is 25.6. The number of benzene rings is 4. The lowest BCUT2D eigenvalue weighted by atomic mass is 9.75. The second-order valence-corrected chi connectivity index (χ2v) is 35.4. The quantitative estimate of drug-likeness (QED) is 0.0304. The van der Waals surface area contributed by atoms with Crippen LogP contribution in [0.2, 0.25) is 10.0 Å². The van der Waals surface area contributed by atoms with Crippen LogP contribution in [0.3, 0.4) is 0 Å². The number of hydrogen-bond donors (Lipinski definition) is 19. The van der Waals surface area contributed by atoms with Crippen molar-refractivity contribution in [3.63, 3.8) is 0 Å². The average Bonchev–Trinajstić information content (AvgIpc) is 0.927. The summed E-state index contributed by atoms with van der Waals surface area (Å²) in [6, 6.07) is 7.54. The first-order chi connectivity index (χ1) is 59.5. The number of allylic oxidation sites excluding steroid dienone is 6. The lowest BCUT2D eigenvalue weighted by Crippen LogP contribution is -2.66. The van der Waals surface area contributed by atoms with Gasteiger partial charge < -0.3 is 132 Å². The zero-order chi connectivity index (χ0) is 89.8. The molecule has 8 amide bonds. The van der Waals surface area contributed by atoms with Gasteiger partial charge in [-0.1, -0.05) is 98.6 Å². The Morgan fingerprint density at radius 2 is 1.42 bits per heavy atom. The fraction of sp³-hybridized carbons (Fsp3) is 0.500. The summed E-state index contributed by atoms with van der Waals surface area (Å²) in [7, 11) is 3.61. The number of amides is 8. The molecule has 20 N–H and O–H groups in total. The highest BCUT2D eigenvalue weighted by atomic mass is 35.5. The molecule has 4 saturated heterocycles. The summed E-state index contributed by atoms with van der Waals surface area (Å²) in [5, 5.41) is 132. The van der Waals surface area contributed by atoms with Crippen LogP contribution in [-0.4, -0.2) is 253 Å². The zero-order valence-electron chi connectivity index (χ0n) is 69.7. The fourth-order valence-electron chi connectivity index (χ4n) is 17.7. The highest BCUT2D eigenvalue weighted by molar-refractivity contribution is 6.32. The highest BCUT2D eigenvalue weighted by Gasteiger charge is 2.54. The predicted octanol–water partition coefficient (Wildman–Crippen LogP) is 3.45. The van der Waals surface area contributed by atoms with Crippen LogP contribution < -0.4 is 67.8 Å². The molecule has 4 aromatic rings. The van der Waals surface area contributed by atoms with Crippen molar-refractivity contribution in [3.05, 3.63) is 176 Å². The number of hydrogen-bond acceptors (Lipinski definition) is 25. The molecule has 3 aliphatic carbocycles. The van der Waals surface area contributed by atoms with Gasteiger partial charge >= 0.3 is 0 Å². The van der Waals surface area contributed by atoms with Gasteiger partial charge in [-0.2, -0.15) is 0 Å². The Labute approximate surface area is 736 Å². The van der Waals surface area contributed by atoms with E-state index in [1.165, 1.54) is 49.6 Å². The van der Waals surface area contributed by atoms with Gasteiger partial charge in [0.2, 0.25) is 59.3 Å². The summed E-state index contributed by atoms with van der Waals surface area (Å²) in [6.07, 6.45) is -12.0. The van der Waals surface area contributed by atoms with E-state index in [4.69, 9.17) is 69.0 Å². The minimum atomic E-state index is -2.30. The van der Waals surface area contributed by atoms with Crippen molar-refractivity contribution in [1.82, 2.24) is 47.9 Å². The standard InChI is InChI=1S/C88H108Cl3N11O23/c1-7-88(95-39-43-11-13-44(14-12-43)45-15-20-50(89)21-16-45)38-66(120-42(4)79(88)112)124-78-76(111)75(110)64(40-103)123-87(78)125-77-62-33-49-34-63(77)122-61-24-19-48(32-55(61)91)74(109)72-86(119)99-70(82(115)94-25-10-28-102(6)26-8-9-27-102)53-35-51(104)36-59(106)67(53)52-30-46(17-22-58(52)105)68(83(116)101-72)98-84(117)69(49)97-81(114)57(37-65(92)107)96-85(118)71(100-80(113)56(93-5)29-41(2)3)73(108)47-18-23-60(121-62)54(90)31-47/h11-24,31,33-35,41-42,51-52,55-57,64,66,68-76,78-79,87,93,95,103-104,108-112H,7-10,25-30,32,36-40H2,1-6H3,(H10-,92,94,96,97,98,99,100,101,105,106,107,113,114,115,116,117,118,119)/p+1/t42?,51?,52?,55?,56-,57+,64?,66+,68?,69-,70+,71-,72+,73-,74-,75?,76+,78?,79-,87-,88?/m1/s1. The zero-order valence-corrected chi connectivity index (χ0v) is 72.0. The molecule has 11 aliphatic rings. The van der Waals surface area contributed by atoms with Crippen LogP contribution in [0.15, 0.2) is 149 Å². The first-order valence-corrected chi connectivity index (χ1v) is 43.2. The number of alkyl halides is 1. The summed E-state index contributed by atoms with van der Waals surface area (Å²) >= 11 is 20.9. The molecular formula is C88H109Cl3N11O23+. The average molecular weight is 1800 g/mol. The van der Waals surface area contributed by atoms with E-state index in [0.717, 1.165) is 65.3 Å². The minimum absolute atomic E-state index is 0.0448. The molecule has 8 heterocycles. The van der Waals surface area contributed by atoms with E-state index in [0.29, 0.717) is 18.0 Å². The molecule has 37 heteroatoms. The third kappa shape index (κ3) is 21.0. The van der Waals surface area contributed by atoms with Crippen molar-refractivity contribution >= 4 is 82.1 Å². The summed E-state index contributed by atoms with van der Waals surface area (Å²) < 4.78 is 41.0. The number of halogens is 3. The number of ether oxygens (including phenoxy) is 6. The Bertz CT molecular complexity index is 4930. The Kier molecular flexibility index (Phi) is 29.6. The molecule has 21 atom stereocenters. The maximum absolute atomic E-state index is 16.5. The Morgan fingerprint density at radius 1 is 0.744 bits per heavy atom. The van der Waals surface area contributed by atoms with E-state index in [2.05, 4.69) is 54.9 Å².